The first-order chi connectivity index (χ1) is 9.61. The number of benzene rings is 1. The van der Waals surface area contributed by atoms with E-state index in [0.717, 1.165) is 5.01 Å². The smallest absolute Gasteiger partial charge is 0.150 e. The van der Waals surface area contributed by atoms with Gasteiger partial charge in [0.2, 0.25) is 0 Å². The third-order valence-corrected chi connectivity index (χ3v) is 5.23. The van der Waals surface area contributed by atoms with Gasteiger partial charge in [-0.15, -0.1) is 22.0 Å². The molecule has 2 atom stereocenters. The van der Waals surface area contributed by atoms with Crippen molar-refractivity contribution in [2.45, 2.75) is 18.3 Å². The molecule has 0 aliphatic rings. The molecule has 0 aliphatic heterocycles. The van der Waals surface area contributed by atoms with Crippen molar-refractivity contribution >= 4 is 23.1 Å². The molecule has 4 nitrogen and oxygen atoms in total. The van der Waals surface area contributed by atoms with Crippen LogP contribution in [0.4, 0.5) is 4.39 Å². The lowest BCUT2D eigenvalue weighted by Gasteiger charge is -2.10. The fourth-order valence-electron chi connectivity index (χ4n) is 1.52. The maximum Gasteiger partial charge on any atom is 0.150 e. The SMILES string of the molecule is CC(SCC(O)CO)c1nnc(-c2ccccc2F)s1. The van der Waals surface area contributed by atoms with E-state index in [1.165, 1.54) is 29.2 Å². The third-order valence-electron chi connectivity index (χ3n) is 2.64. The Morgan fingerprint density at radius 2 is 2.10 bits per heavy atom. The highest BCUT2D eigenvalue weighted by Crippen LogP contribution is 2.34. The van der Waals surface area contributed by atoms with E-state index >= 15 is 0 Å². The standard InChI is InChI=1S/C13H15FN2O2S2/c1-8(19-7-9(18)6-17)12-15-16-13(20-12)10-4-2-3-5-11(10)14/h2-5,8-9,17-18H,6-7H2,1H3. The lowest BCUT2D eigenvalue weighted by molar-refractivity contribution is 0.113. The lowest BCUT2D eigenvalue weighted by Crippen LogP contribution is -2.15. The zero-order valence-electron chi connectivity index (χ0n) is 10.9. The summed E-state index contributed by atoms with van der Waals surface area (Å²) in [5.74, 6) is 0.109. The maximum absolute atomic E-state index is 13.7. The van der Waals surface area contributed by atoms with Crippen LogP contribution in [0.2, 0.25) is 0 Å². The first-order valence-corrected chi connectivity index (χ1v) is 7.97. The molecule has 2 rings (SSSR count). The summed E-state index contributed by atoms with van der Waals surface area (Å²) in [5.41, 5.74) is 0.448. The topological polar surface area (TPSA) is 66.2 Å². The van der Waals surface area contributed by atoms with Gasteiger partial charge in [0.05, 0.1) is 18.0 Å². The van der Waals surface area contributed by atoms with Crippen LogP contribution in [-0.2, 0) is 0 Å². The number of aliphatic hydroxyl groups is 2. The van der Waals surface area contributed by atoms with E-state index in [4.69, 9.17) is 5.11 Å². The molecule has 0 amide bonds. The number of hydrogen-bond donors (Lipinski definition) is 2. The van der Waals surface area contributed by atoms with E-state index < -0.39 is 6.10 Å². The first kappa shape index (κ1) is 15.4. The van der Waals surface area contributed by atoms with Crippen LogP contribution in [-0.4, -0.2) is 38.9 Å². The van der Waals surface area contributed by atoms with Gasteiger partial charge in [0, 0.05) is 11.3 Å². The number of hydrogen-bond acceptors (Lipinski definition) is 6. The van der Waals surface area contributed by atoms with E-state index in [2.05, 4.69) is 10.2 Å². The van der Waals surface area contributed by atoms with Crippen LogP contribution in [0.5, 0.6) is 0 Å². The van der Waals surface area contributed by atoms with Crippen molar-refractivity contribution in [1.29, 1.82) is 0 Å². The van der Waals surface area contributed by atoms with Crippen LogP contribution in [0.25, 0.3) is 10.6 Å². The summed E-state index contributed by atoms with van der Waals surface area (Å²) >= 11 is 2.82. The van der Waals surface area contributed by atoms with E-state index in [-0.39, 0.29) is 17.7 Å². The van der Waals surface area contributed by atoms with Crippen molar-refractivity contribution in [3.05, 3.63) is 35.1 Å². The minimum absolute atomic E-state index is 0.0363. The maximum atomic E-state index is 13.7. The Kier molecular flexibility index (Phi) is 5.47. The summed E-state index contributed by atoms with van der Waals surface area (Å²) in [6.45, 7) is 1.69. The quantitative estimate of drug-likeness (QED) is 0.857. The van der Waals surface area contributed by atoms with E-state index in [1.807, 2.05) is 6.92 Å². The Morgan fingerprint density at radius 1 is 1.35 bits per heavy atom. The van der Waals surface area contributed by atoms with Gasteiger partial charge in [0.15, 0.2) is 5.01 Å². The third kappa shape index (κ3) is 3.76. The highest BCUT2D eigenvalue weighted by atomic mass is 32.2. The van der Waals surface area contributed by atoms with Crippen molar-refractivity contribution < 1.29 is 14.6 Å². The molecule has 20 heavy (non-hydrogen) atoms. The average molecular weight is 314 g/mol. The fourth-order valence-corrected chi connectivity index (χ4v) is 3.48. The van der Waals surface area contributed by atoms with E-state index in [9.17, 15) is 9.50 Å². The molecule has 0 bridgehead atoms. The zero-order valence-corrected chi connectivity index (χ0v) is 12.5. The fraction of sp³-hybridized carbons (Fsp3) is 0.385. The summed E-state index contributed by atoms with van der Waals surface area (Å²) < 4.78 is 13.7. The Hall–Kier alpha value is -1.02. The second-order valence-electron chi connectivity index (χ2n) is 4.24. The van der Waals surface area contributed by atoms with Crippen LogP contribution in [0.1, 0.15) is 17.2 Å². The van der Waals surface area contributed by atoms with Crippen LogP contribution >= 0.6 is 23.1 Å². The molecule has 0 spiro atoms. The molecule has 2 aromatic rings. The number of nitrogens with zero attached hydrogens (tertiary/aromatic N) is 2. The van der Waals surface area contributed by atoms with Gasteiger partial charge < -0.3 is 10.2 Å². The molecule has 7 heteroatoms. The van der Waals surface area contributed by atoms with Gasteiger partial charge in [-0.3, -0.25) is 0 Å². The van der Waals surface area contributed by atoms with Gasteiger partial charge in [-0.1, -0.05) is 23.5 Å². The molecular weight excluding hydrogens is 299 g/mol. The number of thioether (sulfide) groups is 1. The molecule has 0 fully saturated rings. The second-order valence-corrected chi connectivity index (χ2v) is 6.62. The largest absolute Gasteiger partial charge is 0.394 e. The highest BCUT2D eigenvalue weighted by Gasteiger charge is 2.16. The molecule has 1 aromatic heterocycles. The van der Waals surface area contributed by atoms with Crippen molar-refractivity contribution in [3.63, 3.8) is 0 Å². The van der Waals surface area contributed by atoms with Gasteiger partial charge >= 0.3 is 0 Å². The predicted octanol–water partition coefficient (Wildman–Crippen LogP) is 2.49. The summed E-state index contributed by atoms with van der Waals surface area (Å²) in [6, 6.07) is 6.46. The number of aromatic nitrogens is 2. The van der Waals surface area contributed by atoms with Crippen molar-refractivity contribution in [3.8, 4) is 10.6 Å². The second kappa shape index (κ2) is 7.12. The number of rotatable bonds is 6. The molecule has 0 aliphatic carbocycles. The molecule has 1 aromatic carbocycles. The Labute approximate surface area is 124 Å². The summed E-state index contributed by atoms with van der Waals surface area (Å²) in [5, 5.41) is 27.5. The molecular formula is C13H15FN2O2S2. The van der Waals surface area contributed by atoms with Gasteiger partial charge in [-0.2, -0.15) is 0 Å². The van der Waals surface area contributed by atoms with Gasteiger partial charge in [-0.05, 0) is 19.1 Å². The molecule has 108 valence electrons. The molecule has 1 heterocycles. The normalized spacial score (nSPS) is 14.2. The van der Waals surface area contributed by atoms with Crippen LogP contribution in [0, 0.1) is 5.82 Å². The Morgan fingerprint density at radius 3 is 2.80 bits per heavy atom. The van der Waals surface area contributed by atoms with Gasteiger partial charge in [0.25, 0.3) is 0 Å². The van der Waals surface area contributed by atoms with Gasteiger partial charge in [-0.25, -0.2) is 4.39 Å². The predicted molar refractivity (Wildman–Crippen MR) is 79.3 cm³/mol. The molecule has 0 radical (unpaired) electrons. The zero-order chi connectivity index (χ0) is 14.5. The van der Waals surface area contributed by atoms with Gasteiger partial charge in [0.1, 0.15) is 10.8 Å². The Bertz CT molecular complexity index is 565. The molecule has 0 saturated heterocycles. The Balaban J connectivity index is 2.07. The number of aliphatic hydroxyl groups excluding tert-OH is 2. The van der Waals surface area contributed by atoms with Crippen LogP contribution in [0.15, 0.2) is 24.3 Å². The molecule has 2 unspecified atom stereocenters. The van der Waals surface area contributed by atoms with Crippen molar-refractivity contribution in [2.75, 3.05) is 12.4 Å². The van der Waals surface area contributed by atoms with Crippen molar-refractivity contribution in [2.24, 2.45) is 0 Å². The molecule has 2 N–H and O–H groups in total. The number of halogens is 1. The average Bonchev–Trinajstić information content (AvgIpc) is 2.94. The van der Waals surface area contributed by atoms with E-state index in [0.29, 0.717) is 16.3 Å². The molecule has 0 saturated carbocycles. The summed E-state index contributed by atoms with van der Waals surface area (Å²) in [7, 11) is 0. The summed E-state index contributed by atoms with van der Waals surface area (Å²) in [4.78, 5) is 0. The van der Waals surface area contributed by atoms with Crippen molar-refractivity contribution in [1.82, 2.24) is 10.2 Å². The minimum atomic E-state index is -0.735. The van der Waals surface area contributed by atoms with Crippen LogP contribution < -0.4 is 0 Å². The monoisotopic (exact) mass is 314 g/mol. The van der Waals surface area contributed by atoms with Crippen LogP contribution in [0.3, 0.4) is 0 Å². The lowest BCUT2D eigenvalue weighted by atomic mass is 10.2. The minimum Gasteiger partial charge on any atom is -0.394 e. The summed E-state index contributed by atoms with van der Waals surface area (Å²) in [6.07, 6.45) is -0.735. The highest BCUT2D eigenvalue weighted by molar-refractivity contribution is 7.99. The first-order valence-electron chi connectivity index (χ1n) is 6.10. The van der Waals surface area contributed by atoms with E-state index in [1.54, 1.807) is 18.2 Å².